The van der Waals surface area contributed by atoms with E-state index >= 15 is 0 Å². The number of nitrogens with one attached hydrogen (secondary N) is 2. The highest BCUT2D eigenvalue weighted by Crippen LogP contribution is 2.34. The van der Waals surface area contributed by atoms with E-state index in [9.17, 15) is 14.4 Å². The largest absolute Gasteiger partial charge is 0.495 e. The van der Waals surface area contributed by atoms with E-state index in [1.54, 1.807) is 0 Å². The molecule has 0 saturated heterocycles. The van der Waals surface area contributed by atoms with Gasteiger partial charge in [-0.25, -0.2) is 0 Å². The van der Waals surface area contributed by atoms with E-state index in [1.165, 1.54) is 44.6 Å². The first kappa shape index (κ1) is 16.3. The molecule has 1 aliphatic rings. The third-order valence-electron chi connectivity index (χ3n) is 3.80. The lowest BCUT2D eigenvalue weighted by molar-refractivity contribution is 0.0879. The minimum Gasteiger partial charge on any atom is -0.495 e. The molecule has 3 amide bonds. The summed E-state index contributed by atoms with van der Waals surface area (Å²) >= 11 is 0. The zero-order valence-corrected chi connectivity index (χ0v) is 13.5. The summed E-state index contributed by atoms with van der Waals surface area (Å²) < 4.78 is 10.3. The lowest BCUT2D eigenvalue weighted by Crippen LogP contribution is -2.20. The highest BCUT2D eigenvalue weighted by Gasteiger charge is 2.27. The van der Waals surface area contributed by atoms with Gasteiger partial charge in [-0.05, 0) is 18.2 Å². The van der Waals surface area contributed by atoms with Gasteiger partial charge in [0.15, 0.2) is 0 Å². The number of benzene rings is 2. The summed E-state index contributed by atoms with van der Waals surface area (Å²) in [6.07, 6.45) is 0. The van der Waals surface area contributed by atoms with Crippen LogP contribution >= 0.6 is 0 Å². The van der Waals surface area contributed by atoms with Crippen LogP contribution in [0.3, 0.4) is 0 Å². The summed E-state index contributed by atoms with van der Waals surface area (Å²) in [6, 6.07) is 7.34. The highest BCUT2D eigenvalue weighted by molar-refractivity contribution is 6.22. The van der Waals surface area contributed by atoms with Gasteiger partial charge in [0.1, 0.15) is 11.5 Å². The summed E-state index contributed by atoms with van der Waals surface area (Å²) in [6.45, 7) is 0. The van der Waals surface area contributed by atoms with Gasteiger partial charge in [0.2, 0.25) is 0 Å². The smallest absolute Gasteiger partial charge is 0.258 e. The predicted molar refractivity (Wildman–Crippen MR) is 90.2 cm³/mol. The van der Waals surface area contributed by atoms with Crippen molar-refractivity contribution in [1.82, 2.24) is 5.32 Å². The number of methoxy groups -OCH3 is 2. The van der Waals surface area contributed by atoms with Crippen LogP contribution < -0.4 is 25.8 Å². The Kier molecular flexibility index (Phi) is 4.02. The second kappa shape index (κ2) is 6.16. The molecule has 3 rings (SSSR count). The first-order valence-electron chi connectivity index (χ1n) is 7.27. The molecule has 2 aromatic rings. The molecular weight excluding hydrogens is 326 g/mol. The molecule has 0 saturated carbocycles. The van der Waals surface area contributed by atoms with Crippen molar-refractivity contribution in [2.75, 3.05) is 25.3 Å². The zero-order valence-electron chi connectivity index (χ0n) is 13.5. The minimum atomic E-state index is -0.526. The van der Waals surface area contributed by atoms with Crippen LogP contribution in [-0.2, 0) is 0 Å². The Morgan fingerprint density at radius 3 is 2.36 bits per heavy atom. The van der Waals surface area contributed by atoms with Crippen molar-refractivity contribution >= 4 is 29.1 Å². The van der Waals surface area contributed by atoms with Crippen molar-refractivity contribution in [2.24, 2.45) is 0 Å². The van der Waals surface area contributed by atoms with Crippen LogP contribution in [0.25, 0.3) is 0 Å². The molecule has 0 spiro atoms. The van der Waals surface area contributed by atoms with Gasteiger partial charge in [-0.2, -0.15) is 0 Å². The van der Waals surface area contributed by atoms with Gasteiger partial charge in [-0.15, -0.1) is 0 Å². The van der Waals surface area contributed by atoms with Crippen LogP contribution in [0.15, 0.2) is 30.3 Å². The fourth-order valence-electron chi connectivity index (χ4n) is 2.52. The molecule has 2 aromatic carbocycles. The van der Waals surface area contributed by atoms with Gasteiger partial charge >= 0.3 is 0 Å². The lowest BCUT2D eigenvalue weighted by atomic mass is 10.1. The molecule has 8 heteroatoms. The quantitative estimate of drug-likeness (QED) is 0.571. The Morgan fingerprint density at radius 1 is 1.00 bits per heavy atom. The molecule has 128 valence electrons. The van der Waals surface area contributed by atoms with Crippen LogP contribution in [0.2, 0.25) is 0 Å². The molecule has 25 heavy (non-hydrogen) atoms. The Morgan fingerprint density at radius 2 is 1.68 bits per heavy atom. The van der Waals surface area contributed by atoms with Crippen LogP contribution in [0.1, 0.15) is 31.1 Å². The van der Waals surface area contributed by atoms with E-state index in [-0.39, 0.29) is 16.7 Å². The highest BCUT2D eigenvalue weighted by atomic mass is 16.5. The van der Waals surface area contributed by atoms with E-state index in [0.717, 1.165) is 0 Å². The van der Waals surface area contributed by atoms with Gasteiger partial charge in [-0.3, -0.25) is 19.7 Å². The molecule has 0 unspecified atom stereocenters. The summed E-state index contributed by atoms with van der Waals surface area (Å²) in [5, 5.41) is 4.86. The molecule has 0 bridgehead atoms. The van der Waals surface area contributed by atoms with Crippen LogP contribution in [0.5, 0.6) is 11.5 Å². The molecular formula is C17H15N3O5. The zero-order chi connectivity index (χ0) is 18.1. The third-order valence-corrected chi connectivity index (χ3v) is 3.80. The van der Waals surface area contributed by atoms with Gasteiger partial charge in [0, 0.05) is 17.7 Å². The Hall–Kier alpha value is -3.55. The van der Waals surface area contributed by atoms with Crippen LogP contribution in [-0.4, -0.2) is 31.9 Å². The second-order valence-electron chi connectivity index (χ2n) is 5.29. The van der Waals surface area contributed by atoms with Crippen molar-refractivity contribution < 1.29 is 23.9 Å². The molecule has 1 heterocycles. The number of carbonyl (C=O) groups is 3. The van der Waals surface area contributed by atoms with E-state index in [2.05, 4.69) is 10.6 Å². The minimum absolute atomic E-state index is 0.166. The monoisotopic (exact) mass is 341 g/mol. The van der Waals surface area contributed by atoms with Gasteiger partial charge in [0.05, 0.1) is 36.7 Å². The van der Waals surface area contributed by atoms with E-state index in [4.69, 9.17) is 15.2 Å². The molecule has 0 aliphatic carbocycles. The first-order chi connectivity index (χ1) is 11.9. The number of carbonyl (C=O) groups excluding carboxylic acids is 3. The molecule has 8 nitrogen and oxygen atoms in total. The Labute approximate surface area is 142 Å². The van der Waals surface area contributed by atoms with Crippen molar-refractivity contribution in [3.63, 3.8) is 0 Å². The van der Waals surface area contributed by atoms with Crippen LogP contribution in [0, 0.1) is 0 Å². The molecule has 0 atom stereocenters. The van der Waals surface area contributed by atoms with Gasteiger partial charge in [-0.1, -0.05) is 0 Å². The number of nitrogen functional groups attached to an aromatic ring is 1. The molecule has 1 aliphatic heterocycles. The number of imide groups is 1. The number of fused-ring (bicyclic) bond motifs is 1. The number of anilines is 2. The van der Waals surface area contributed by atoms with Gasteiger partial charge in [0.25, 0.3) is 17.7 Å². The first-order valence-corrected chi connectivity index (χ1v) is 7.27. The summed E-state index contributed by atoms with van der Waals surface area (Å²) in [4.78, 5) is 35.8. The number of amides is 3. The van der Waals surface area contributed by atoms with Crippen LogP contribution in [0.4, 0.5) is 11.4 Å². The Bertz CT molecular complexity index is 907. The number of hydrogen-bond acceptors (Lipinski definition) is 6. The lowest BCUT2D eigenvalue weighted by Gasteiger charge is -2.14. The molecule has 0 radical (unpaired) electrons. The average Bonchev–Trinajstić information content (AvgIpc) is 2.89. The topological polar surface area (TPSA) is 120 Å². The number of hydrogen-bond donors (Lipinski definition) is 3. The number of ether oxygens (including phenoxy) is 2. The van der Waals surface area contributed by atoms with Crippen molar-refractivity contribution in [1.29, 1.82) is 0 Å². The standard InChI is InChI=1S/C17H15N3O5/c1-24-13-7-12(14(25-2)6-11(13)18)19-15(21)8-3-4-9-10(5-8)17(23)20-16(9)22/h3-7H,18H2,1-2H3,(H,19,21)(H,20,22,23). The SMILES string of the molecule is COc1cc(NC(=O)c2ccc3c(c2)C(=O)NC3=O)c(OC)cc1N. The predicted octanol–water partition coefficient (Wildman–Crippen LogP) is 1.42. The maximum absolute atomic E-state index is 12.5. The average molecular weight is 341 g/mol. The fraction of sp³-hybridized carbons (Fsp3) is 0.118. The fourth-order valence-corrected chi connectivity index (χ4v) is 2.52. The third kappa shape index (κ3) is 2.85. The summed E-state index contributed by atoms with van der Waals surface area (Å²) in [7, 11) is 2.90. The van der Waals surface area contributed by atoms with Crippen molar-refractivity contribution in [3.8, 4) is 11.5 Å². The van der Waals surface area contributed by atoms with Gasteiger partial charge < -0.3 is 20.5 Å². The molecule has 0 fully saturated rings. The maximum Gasteiger partial charge on any atom is 0.258 e. The van der Waals surface area contributed by atoms with Crippen molar-refractivity contribution in [3.05, 3.63) is 47.0 Å². The molecule has 0 aromatic heterocycles. The van der Waals surface area contributed by atoms with E-state index in [1.807, 2.05) is 0 Å². The number of rotatable bonds is 4. The normalized spacial score (nSPS) is 12.4. The molecule has 4 N–H and O–H groups in total. The summed E-state index contributed by atoms with van der Waals surface area (Å²) in [5.74, 6) is -0.728. The Balaban J connectivity index is 1.92. The van der Waals surface area contributed by atoms with Crippen molar-refractivity contribution in [2.45, 2.75) is 0 Å². The summed E-state index contributed by atoms with van der Waals surface area (Å²) in [5.41, 5.74) is 7.17. The van der Waals surface area contributed by atoms with E-state index < -0.39 is 17.7 Å². The number of nitrogens with two attached hydrogens (primary N) is 1. The maximum atomic E-state index is 12.5. The van der Waals surface area contributed by atoms with E-state index in [0.29, 0.717) is 22.9 Å². The second-order valence-corrected chi connectivity index (χ2v) is 5.29.